The SMILES string of the molecule is NS(=O)(=O)C1CC1.O=C(O)C(F)(F)F. The molecule has 1 aliphatic carbocycles. The molecule has 9 heteroatoms. The fraction of sp³-hybridized carbons (Fsp3) is 0.800. The number of alkyl halides is 3. The van der Waals surface area contributed by atoms with Crippen LogP contribution in [0.3, 0.4) is 0 Å². The summed E-state index contributed by atoms with van der Waals surface area (Å²) in [6.07, 6.45) is -3.56. The molecule has 84 valence electrons. The van der Waals surface area contributed by atoms with Gasteiger partial charge in [0.2, 0.25) is 10.0 Å². The minimum absolute atomic E-state index is 0.201. The van der Waals surface area contributed by atoms with Crippen LogP contribution in [0.2, 0.25) is 0 Å². The second-order valence-corrected chi connectivity index (χ2v) is 4.44. The normalized spacial score (nSPS) is 16.9. The van der Waals surface area contributed by atoms with Gasteiger partial charge in [0.15, 0.2) is 0 Å². The zero-order chi connectivity index (χ0) is 11.6. The maximum absolute atomic E-state index is 10.6. The van der Waals surface area contributed by atoms with Crippen molar-refractivity contribution in [2.24, 2.45) is 5.14 Å². The van der Waals surface area contributed by atoms with Crippen LogP contribution in [0.4, 0.5) is 13.2 Å². The van der Waals surface area contributed by atoms with Gasteiger partial charge >= 0.3 is 12.1 Å². The van der Waals surface area contributed by atoms with Gasteiger partial charge in [0.25, 0.3) is 0 Å². The summed E-state index contributed by atoms with van der Waals surface area (Å²) in [6, 6.07) is 0. The summed E-state index contributed by atoms with van der Waals surface area (Å²) < 4.78 is 52.1. The van der Waals surface area contributed by atoms with Crippen molar-refractivity contribution in [2.75, 3.05) is 0 Å². The number of carboxylic acid groups (broad SMARTS) is 1. The van der Waals surface area contributed by atoms with E-state index in [-0.39, 0.29) is 5.25 Å². The van der Waals surface area contributed by atoms with E-state index in [9.17, 15) is 21.6 Å². The summed E-state index contributed by atoms with van der Waals surface area (Å²) in [6.45, 7) is 0. The minimum atomic E-state index is -5.08. The number of halogens is 3. The molecule has 0 bridgehead atoms. The Hall–Kier alpha value is -0.830. The number of nitrogens with two attached hydrogens (primary N) is 1. The quantitative estimate of drug-likeness (QED) is 0.672. The van der Waals surface area contributed by atoms with Crippen LogP contribution in [0.5, 0.6) is 0 Å². The average Bonchev–Trinajstić information content (AvgIpc) is 2.62. The van der Waals surface area contributed by atoms with Gasteiger partial charge in [-0.05, 0) is 12.8 Å². The van der Waals surface area contributed by atoms with E-state index < -0.39 is 22.2 Å². The number of sulfonamides is 1. The Balaban J connectivity index is 0.000000241. The van der Waals surface area contributed by atoms with E-state index in [1.165, 1.54) is 0 Å². The van der Waals surface area contributed by atoms with Crippen LogP contribution in [0.15, 0.2) is 0 Å². The van der Waals surface area contributed by atoms with E-state index in [0.29, 0.717) is 0 Å². The summed E-state index contributed by atoms with van der Waals surface area (Å²) in [7, 11) is -3.13. The summed E-state index contributed by atoms with van der Waals surface area (Å²) in [5.74, 6) is -2.76. The molecule has 1 rings (SSSR count). The van der Waals surface area contributed by atoms with Crippen LogP contribution in [0, 0.1) is 0 Å². The molecule has 0 atom stereocenters. The molecule has 5 nitrogen and oxygen atoms in total. The fourth-order valence-corrected chi connectivity index (χ4v) is 1.19. The zero-order valence-corrected chi connectivity index (χ0v) is 7.60. The highest BCUT2D eigenvalue weighted by molar-refractivity contribution is 7.90. The topological polar surface area (TPSA) is 97.5 Å². The summed E-state index contributed by atoms with van der Waals surface area (Å²) in [5.41, 5.74) is 0. The van der Waals surface area contributed by atoms with Gasteiger partial charge in [-0.15, -0.1) is 0 Å². The van der Waals surface area contributed by atoms with Gasteiger partial charge in [0.05, 0.1) is 5.25 Å². The Morgan fingerprint density at radius 3 is 1.64 bits per heavy atom. The number of hydrogen-bond donors (Lipinski definition) is 2. The predicted molar refractivity (Wildman–Crippen MR) is 39.8 cm³/mol. The second kappa shape index (κ2) is 4.13. The molecule has 3 N–H and O–H groups in total. The molecular weight excluding hydrogens is 227 g/mol. The summed E-state index contributed by atoms with van der Waals surface area (Å²) in [4.78, 5) is 8.90. The fourth-order valence-electron chi connectivity index (χ4n) is 0.397. The van der Waals surface area contributed by atoms with E-state index in [1.807, 2.05) is 0 Å². The van der Waals surface area contributed by atoms with Crippen LogP contribution < -0.4 is 5.14 Å². The van der Waals surface area contributed by atoms with Crippen molar-refractivity contribution >= 4 is 16.0 Å². The van der Waals surface area contributed by atoms with Crippen molar-refractivity contribution in [3.05, 3.63) is 0 Å². The van der Waals surface area contributed by atoms with Crippen molar-refractivity contribution in [3.8, 4) is 0 Å². The summed E-state index contributed by atoms with van der Waals surface area (Å²) in [5, 5.41) is 11.6. The monoisotopic (exact) mass is 235 g/mol. The lowest BCUT2D eigenvalue weighted by Gasteiger charge is -1.93. The first kappa shape index (κ1) is 13.2. The molecule has 0 unspecified atom stereocenters. The van der Waals surface area contributed by atoms with E-state index in [4.69, 9.17) is 15.0 Å². The van der Waals surface area contributed by atoms with Gasteiger partial charge in [0.1, 0.15) is 0 Å². The highest BCUT2D eigenvalue weighted by atomic mass is 32.2. The molecule has 0 saturated heterocycles. The molecule has 1 saturated carbocycles. The van der Waals surface area contributed by atoms with E-state index in [1.54, 1.807) is 0 Å². The third kappa shape index (κ3) is 5.75. The second-order valence-electron chi connectivity index (χ2n) is 2.59. The van der Waals surface area contributed by atoms with E-state index in [2.05, 4.69) is 0 Å². The molecule has 14 heavy (non-hydrogen) atoms. The van der Waals surface area contributed by atoms with Crippen molar-refractivity contribution in [1.29, 1.82) is 0 Å². The third-order valence-corrected chi connectivity index (χ3v) is 2.63. The van der Waals surface area contributed by atoms with Crippen LogP contribution in [-0.2, 0) is 14.8 Å². The molecule has 0 heterocycles. The zero-order valence-electron chi connectivity index (χ0n) is 6.78. The standard InChI is InChI=1S/C3H7NO2S.C2HF3O2/c4-7(5,6)3-1-2-3;3-2(4,5)1(6)7/h3H,1-2H2,(H2,4,5,6);(H,6,7). The van der Waals surface area contributed by atoms with Crippen LogP contribution in [0.1, 0.15) is 12.8 Å². The largest absolute Gasteiger partial charge is 0.490 e. The van der Waals surface area contributed by atoms with Gasteiger partial charge in [-0.3, -0.25) is 0 Å². The first-order valence-corrected chi connectivity index (χ1v) is 4.98. The number of hydrogen-bond acceptors (Lipinski definition) is 3. The van der Waals surface area contributed by atoms with E-state index in [0.717, 1.165) is 12.8 Å². The molecule has 0 aromatic carbocycles. The smallest absolute Gasteiger partial charge is 0.475 e. The Labute approximate surface area is 77.8 Å². The number of rotatable bonds is 1. The van der Waals surface area contributed by atoms with Crippen LogP contribution >= 0.6 is 0 Å². The van der Waals surface area contributed by atoms with Gasteiger partial charge in [-0.2, -0.15) is 13.2 Å². The Bertz CT molecular complexity index is 305. The van der Waals surface area contributed by atoms with Crippen molar-refractivity contribution < 1.29 is 31.5 Å². The molecule has 1 fully saturated rings. The average molecular weight is 235 g/mol. The van der Waals surface area contributed by atoms with Gasteiger partial charge in [-0.1, -0.05) is 0 Å². The van der Waals surface area contributed by atoms with Crippen molar-refractivity contribution in [2.45, 2.75) is 24.3 Å². The highest BCUT2D eigenvalue weighted by Gasteiger charge is 2.38. The Kier molecular flexibility index (Phi) is 3.89. The van der Waals surface area contributed by atoms with E-state index >= 15 is 0 Å². The lowest BCUT2D eigenvalue weighted by molar-refractivity contribution is -0.192. The molecule has 0 spiro atoms. The Morgan fingerprint density at radius 2 is 1.64 bits per heavy atom. The molecule has 0 aliphatic heterocycles. The maximum atomic E-state index is 10.6. The van der Waals surface area contributed by atoms with Gasteiger partial charge in [0, 0.05) is 0 Å². The van der Waals surface area contributed by atoms with Crippen molar-refractivity contribution in [1.82, 2.24) is 0 Å². The first-order chi connectivity index (χ1) is 6.05. The first-order valence-electron chi connectivity index (χ1n) is 3.37. The predicted octanol–water partition coefficient (Wildman–Crippen LogP) is 0.0706. The highest BCUT2D eigenvalue weighted by Crippen LogP contribution is 2.25. The lowest BCUT2D eigenvalue weighted by atomic mass is 10.7. The molecule has 0 aromatic heterocycles. The van der Waals surface area contributed by atoms with Crippen molar-refractivity contribution in [3.63, 3.8) is 0 Å². The van der Waals surface area contributed by atoms with Crippen LogP contribution in [-0.4, -0.2) is 30.9 Å². The molecule has 0 amide bonds. The van der Waals surface area contributed by atoms with Crippen LogP contribution in [0.25, 0.3) is 0 Å². The lowest BCUT2D eigenvalue weighted by Crippen LogP contribution is -2.21. The van der Waals surface area contributed by atoms with Gasteiger partial charge < -0.3 is 5.11 Å². The molecule has 0 radical (unpaired) electrons. The maximum Gasteiger partial charge on any atom is 0.490 e. The van der Waals surface area contributed by atoms with Gasteiger partial charge in [-0.25, -0.2) is 18.4 Å². The molecule has 0 aromatic rings. The minimum Gasteiger partial charge on any atom is -0.475 e. The number of primary sulfonamides is 1. The summed E-state index contributed by atoms with van der Waals surface area (Å²) >= 11 is 0. The Morgan fingerprint density at radius 1 is 1.36 bits per heavy atom. The molecule has 1 aliphatic rings. The number of carbonyl (C=O) groups is 1. The molecular formula is C5H8F3NO4S. The number of aliphatic carboxylic acids is 1. The third-order valence-electron chi connectivity index (χ3n) is 1.23. The number of carboxylic acids is 1.